The molecule has 5 rings (SSSR count). The molecule has 1 aromatic heterocycles. The third-order valence-corrected chi connectivity index (χ3v) is 7.66. The van der Waals surface area contributed by atoms with Gasteiger partial charge in [-0.25, -0.2) is 8.78 Å². The van der Waals surface area contributed by atoms with E-state index in [4.69, 9.17) is 0 Å². The largest absolute Gasteiger partial charge is 0.417 e. The Morgan fingerprint density at radius 3 is 2.37 bits per heavy atom. The molecular formula is C31H32F5N5O2. The van der Waals surface area contributed by atoms with E-state index in [9.17, 15) is 27.2 Å². The molecule has 228 valence electrons. The average Bonchev–Trinajstić information content (AvgIpc) is 2.94. The number of piperazine rings is 1. The van der Waals surface area contributed by atoms with Crippen LogP contribution in [0.4, 0.5) is 33.3 Å². The van der Waals surface area contributed by atoms with Gasteiger partial charge in [-0.15, -0.1) is 0 Å². The number of alkyl halides is 3. The molecule has 1 amide bonds. The van der Waals surface area contributed by atoms with Crippen LogP contribution in [0.5, 0.6) is 0 Å². The molecule has 2 aliphatic heterocycles. The molecule has 0 saturated carbocycles. The van der Waals surface area contributed by atoms with Crippen molar-refractivity contribution in [3.05, 3.63) is 99.0 Å². The summed E-state index contributed by atoms with van der Waals surface area (Å²) in [4.78, 5) is 31.0. The number of aromatic nitrogens is 1. The molecular weight excluding hydrogens is 569 g/mol. The SMILES string of the molecule is C[C@@H]1CN(c2cc(F)c(C3=CCN(Cc4ccc(F)cc4)CC3)cc2NC(=O)c2c[nH]c(=O)cc2C(F)(F)F)C[C@H](C)N1. The number of amides is 1. The molecule has 3 heterocycles. The van der Waals surface area contributed by atoms with E-state index >= 15 is 4.39 Å². The molecule has 3 aromatic rings. The number of carbonyl (C=O) groups excluding carboxylic acids is 1. The number of pyridine rings is 1. The van der Waals surface area contributed by atoms with Crippen LogP contribution in [0.15, 0.2) is 59.5 Å². The van der Waals surface area contributed by atoms with Crippen LogP contribution in [0.3, 0.4) is 0 Å². The predicted molar refractivity (Wildman–Crippen MR) is 155 cm³/mol. The van der Waals surface area contributed by atoms with Crippen molar-refractivity contribution in [2.45, 2.75) is 45.1 Å². The van der Waals surface area contributed by atoms with Crippen molar-refractivity contribution in [1.29, 1.82) is 0 Å². The number of nitrogens with one attached hydrogen (secondary N) is 3. The first-order chi connectivity index (χ1) is 20.4. The lowest BCUT2D eigenvalue weighted by Crippen LogP contribution is -2.54. The predicted octanol–water partition coefficient (Wildman–Crippen LogP) is 5.40. The molecule has 0 spiro atoms. The first-order valence-electron chi connectivity index (χ1n) is 14.0. The van der Waals surface area contributed by atoms with Crippen LogP contribution in [0.25, 0.3) is 5.57 Å². The summed E-state index contributed by atoms with van der Waals surface area (Å²) >= 11 is 0. The fourth-order valence-corrected chi connectivity index (χ4v) is 5.73. The number of H-pyrrole nitrogens is 1. The van der Waals surface area contributed by atoms with Gasteiger partial charge in [0, 0.05) is 62.6 Å². The van der Waals surface area contributed by atoms with Crippen LogP contribution in [-0.2, 0) is 12.7 Å². The van der Waals surface area contributed by atoms with Gasteiger partial charge in [-0.1, -0.05) is 18.2 Å². The number of aromatic amines is 1. The Morgan fingerprint density at radius 1 is 1.05 bits per heavy atom. The second kappa shape index (κ2) is 12.3. The molecule has 0 unspecified atom stereocenters. The van der Waals surface area contributed by atoms with Gasteiger partial charge >= 0.3 is 6.18 Å². The Hall–Kier alpha value is -4.03. The first-order valence-corrected chi connectivity index (χ1v) is 14.0. The van der Waals surface area contributed by atoms with Gasteiger partial charge in [0.1, 0.15) is 11.6 Å². The average molecular weight is 602 g/mol. The third-order valence-electron chi connectivity index (χ3n) is 7.66. The highest BCUT2D eigenvalue weighted by Gasteiger charge is 2.36. The molecule has 2 aliphatic rings. The van der Waals surface area contributed by atoms with Crippen LogP contribution >= 0.6 is 0 Å². The van der Waals surface area contributed by atoms with Gasteiger partial charge in [-0.2, -0.15) is 13.2 Å². The van der Waals surface area contributed by atoms with E-state index in [1.807, 2.05) is 24.8 Å². The van der Waals surface area contributed by atoms with E-state index in [1.165, 1.54) is 24.3 Å². The summed E-state index contributed by atoms with van der Waals surface area (Å²) < 4.78 is 70.1. The fourth-order valence-electron chi connectivity index (χ4n) is 5.73. The molecule has 12 heteroatoms. The summed E-state index contributed by atoms with van der Waals surface area (Å²) in [5.41, 5.74) is -0.698. The highest BCUT2D eigenvalue weighted by molar-refractivity contribution is 6.07. The Morgan fingerprint density at radius 2 is 1.74 bits per heavy atom. The lowest BCUT2D eigenvalue weighted by atomic mass is 9.96. The van der Waals surface area contributed by atoms with Crippen molar-refractivity contribution >= 4 is 22.9 Å². The van der Waals surface area contributed by atoms with Crippen molar-refractivity contribution in [3.63, 3.8) is 0 Å². The lowest BCUT2D eigenvalue weighted by molar-refractivity contribution is -0.138. The number of benzene rings is 2. The quantitative estimate of drug-likeness (QED) is 0.330. The van der Waals surface area contributed by atoms with Gasteiger partial charge in [0.15, 0.2) is 0 Å². The number of rotatable bonds is 6. The van der Waals surface area contributed by atoms with Gasteiger partial charge in [-0.05, 0) is 55.7 Å². The second-order valence-corrected chi connectivity index (χ2v) is 11.1. The zero-order chi connectivity index (χ0) is 30.9. The lowest BCUT2D eigenvalue weighted by Gasteiger charge is -2.38. The number of carbonyl (C=O) groups is 1. The summed E-state index contributed by atoms with van der Waals surface area (Å²) in [6, 6.07) is 9.45. The highest BCUT2D eigenvalue weighted by Crippen LogP contribution is 2.37. The van der Waals surface area contributed by atoms with E-state index < -0.39 is 34.6 Å². The van der Waals surface area contributed by atoms with E-state index in [2.05, 4.69) is 20.5 Å². The minimum absolute atomic E-state index is 0.0409. The zero-order valence-electron chi connectivity index (χ0n) is 23.7. The molecule has 0 bridgehead atoms. The Kier molecular flexibility index (Phi) is 8.70. The maximum Gasteiger partial charge on any atom is 0.417 e. The normalized spacial score (nSPS) is 19.7. The number of nitrogens with zero attached hydrogens (tertiary/aromatic N) is 2. The van der Waals surface area contributed by atoms with E-state index in [0.29, 0.717) is 56.5 Å². The number of anilines is 2. The molecule has 0 radical (unpaired) electrons. The van der Waals surface area contributed by atoms with Crippen molar-refractivity contribution < 1.29 is 26.7 Å². The second-order valence-electron chi connectivity index (χ2n) is 11.1. The smallest absolute Gasteiger partial charge is 0.367 e. The van der Waals surface area contributed by atoms with Crippen molar-refractivity contribution in [3.8, 4) is 0 Å². The summed E-state index contributed by atoms with van der Waals surface area (Å²) in [6.07, 6.45) is -1.83. The molecule has 1 fully saturated rings. The van der Waals surface area contributed by atoms with Crippen molar-refractivity contribution in [2.75, 3.05) is 36.4 Å². The first kappa shape index (κ1) is 30.4. The Labute approximate surface area is 245 Å². The number of halogens is 5. The van der Waals surface area contributed by atoms with E-state index in [-0.39, 0.29) is 29.2 Å². The third kappa shape index (κ3) is 7.14. The van der Waals surface area contributed by atoms with Gasteiger partial charge in [0.25, 0.3) is 5.91 Å². The Balaban J connectivity index is 1.47. The maximum absolute atomic E-state index is 15.7. The van der Waals surface area contributed by atoms with Gasteiger partial charge in [0.2, 0.25) is 5.56 Å². The van der Waals surface area contributed by atoms with Crippen LogP contribution in [0.1, 0.15) is 47.3 Å². The summed E-state index contributed by atoms with van der Waals surface area (Å²) in [5.74, 6) is -1.90. The summed E-state index contributed by atoms with van der Waals surface area (Å²) in [6.45, 7) is 6.60. The van der Waals surface area contributed by atoms with E-state index in [1.54, 1.807) is 12.1 Å². The Bertz CT molecular complexity index is 1570. The van der Waals surface area contributed by atoms with Crippen molar-refractivity contribution in [2.24, 2.45) is 0 Å². The molecule has 43 heavy (non-hydrogen) atoms. The van der Waals surface area contributed by atoms with Crippen LogP contribution in [0.2, 0.25) is 0 Å². The van der Waals surface area contributed by atoms with Gasteiger partial charge in [-0.3, -0.25) is 14.5 Å². The topological polar surface area (TPSA) is 80.5 Å². The van der Waals surface area contributed by atoms with Crippen LogP contribution in [0, 0.1) is 11.6 Å². The molecule has 7 nitrogen and oxygen atoms in total. The van der Waals surface area contributed by atoms with Crippen LogP contribution < -0.4 is 21.1 Å². The minimum Gasteiger partial charge on any atom is -0.367 e. The summed E-state index contributed by atoms with van der Waals surface area (Å²) in [5, 5.41) is 5.96. The van der Waals surface area contributed by atoms with Crippen LogP contribution in [-0.4, -0.2) is 54.1 Å². The van der Waals surface area contributed by atoms with Crippen molar-refractivity contribution in [1.82, 2.24) is 15.2 Å². The minimum atomic E-state index is -4.94. The molecule has 2 atom stereocenters. The fraction of sp³-hybridized carbons (Fsp3) is 0.355. The molecule has 3 N–H and O–H groups in total. The molecule has 1 saturated heterocycles. The standard InChI is InChI=1S/C31H32F5N5O2/c1-18-15-41(16-19(2)38-18)28-13-26(33)23(21-7-9-40(10-8-21)17-20-3-5-22(32)6-4-20)11-27(28)39-30(43)24-14-37-29(42)12-25(24)31(34,35)36/h3-7,11-14,18-19,38H,8-10,15-17H2,1-2H3,(H,37,42)(H,39,43)/t18-,19+. The van der Waals surface area contributed by atoms with Gasteiger partial charge in [0.05, 0.1) is 22.5 Å². The molecule has 0 aliphatic carbocycles. The highest BCUT2D eigenvalue weighted by atomic mass is 19.4. The summed E-state index contributed by atoms with van der Waals surface area (Å²) in [7, 11) is 0. The zero-order valence-corrected chi connectivity index (χ0v) is 23.7. The monoisotopic (exact) mass is 601 g/mol. The maximum atomic E-state index is 15.7. The number of hydrogen-bond acceptors (Lipinski definition) is 5. The molecule has 2 aromatic carbocycles. The number of hydrogen-bond donors (Lipinski definition) is 3. The van der Waals surface area contributed by atoms with Gasteiger partial charge < -0.3 is 20.5 Å². The van der Waals surface area contributed by atoms with E-state index in [0.717, 1.165) is 11.8 Å².